The lowest BCUT2D eigenvalue weighted by atomic mass is 10.1. The Morgan fingerprint density at radius 3 is 3.00 bits per heavy atom. The molecule has 3 rings (SSSR count). The average Bonchev–Trinajstić information content (AvgIpc) is 3.14. The highest BCUT2D eigenvalue weighted by Crippen LogP contribution is 2.29. The minimum atomic E-state index is -0.261. The van der Waals surface area contributed by atoms with E-state index in [0.717, 1.165) is 16.1 Å². The third kappa shape index (κ3) is 3.83. The standard InChI is InChI=1S/C15H14Cl2N4OS/c1-8-12(7-9-6-10(16)2-3-11(9)17)23-15(20-8)21-14(22)13-18-4-5-19-13/h2-3,6H,4-5,7H2,1H3,(H,18,19)(H,20,21,22). The zero-order chi connectivity index (χ0) is 16.4. The van der Waals surface area contributed by atoms with Crippen LogP contribution in [0.5, 0.6) is 0 Å². The molecule has 1 aliphatic heterocycles. The van der Waals surface area contributed by atoms with Gasteiger partial charge in [-0.25, -0.2) is 4.98 Å². The van der Waals surface area contributed by atoms with E-state index in [4.69, 9.17) is 23.2 Å². The number of carbonyl (C=O) groups excluding carboxylic acids is 1. The molecular weight excluding hydrogens is 355 g/mol. The molecule has 0 spiro atoms. The molecule has 0 unspecified atom stereocenters. The molecule has 0 atom stereocenters. The van der Waals surface area contributed by atoms with E-state index in [1.165, 1.54) is 11.3 Å². The Balaban J connectivity index is 1.75. The molecule has 0 aliphatic carbocycles. The van der Waals surface area contributed by atoms with Crippen molar-refractivity contribution in [2.75, 3.05) is 18.4 Å². The summed E-state index contributed by atoms with van der Waals surface area (Å²) in [5.41, 5.74) is 1.80. The fourth-order valence-corrected chi connectivity index (χ4v) is 3.56. The predicted octanol–water partition coefficient (Wildman–Crippen LogP) is 3.29. The quantitative estimate of drug-likeness (QED) is 0.869. The molecule has 1 aliphatic rings. The van der Waals surface area contributed by atoms with E-state index < -0.39 is 0 Å². The smallest absolute Gasteiger partial charge is 0.292 e. The van der Waals surface area contributed by atoms with Crippen LogP contribution in [0.2, 0.25) is 10.0 Å². The summed E-state index contributed by atoms with van der Waals surface area (Å²) < 4.78 is 0. The number of carbonyl (C=O) groups is 1. The largest absolute Gasteiger partial charge is 0.364 e. The van der Waals surface area contributed by atoms with Crippen LogP contribution in [0.25, 0.3) is 0 Å². The monoisotopic (exact) mass is 368 g/mol. The van der Waals surface area contributed by atoms with E-state index in [9.17, 15) is 4.79 Å². The highest BCUT2D eigenvalue weighted by Gasteiger charge is 2.17. The van der Waals surface area contributed by atoms with Crippen LogP contribution in [0.1, 0.15) is 16.1 Å². The molecule has 2 aromatic rings. The van der Waals surface area contributed by atoms with Gasteiger partial charge in [-0.1, -0.05) is 23.2 Å². The first-order valence-corrected chi connectivity index (χ1v) is 8.60. The zero-order valence-corrected chi connectivity index (χ0v) is 14.6. The Morgan fingerprint density at radius 2 is 2.26 bits per heavy atom. The van der Waals surface area contributed by atoms with Crippen molar-refractivity contribution < 1.29 is 4.79 Å². The second-order valence-corrected chi connectivity index (χ2v) is 6.98. The van der Waals surface area contributed by atoms with Crippen LogP contribution in [0, 0.1) is 6.92 Å². The normalized spacial score (nSPS) is 13.6. The number of rotatable bonds is 4. The minimum Gasteiger partial charge on any atom is -0.364 e. The van der Waals surface area contributed by atoms with Crippen molar-refractivity contribution in [2.45, 2.75) is 13.3 Å². The Labute approximate surface area is 147 Å². The molecule has 0 fully saturated rings. The summed E-state index contributed by atoms with van der Waals surface area (Å²) >= 11 is 13.7. The number of hydrogen-bond acceptors (Lipinski definition) is 5. The maximum atomic E-state index is 12.0. The summed E-state index contributed by atoms with van der Waals surface area (Å²) in [6.07, 6.45) is 0.623. The van der Waals surface area contributed by atoms with Gasteiger partial charge in [0.25, 0.3) is 5.91 Å². The third-order valence-electron chi connectivity index (χ3n) is 3.36. The average molecular weight is 369 g/mol. The molecule has 2 heterocycles. The highest BCUT2D eigenvalue weighted by atomic mass is 35.5. The zero-order valence-electron chi connectivity index (χ0n) is 12.3. The number of thiazole rings is 1. The first-order chi connectivity index (χ1) is 11.0. The number of hydrogen-bond donors (Lipinski definition) is 2. The Hall–Kier alpha value is -1.63. The van der Waals surface area contributed by atoms with Gasteiger partial charge in [-0.15, -0.1) is 11.3 Å². The van der Waals surface area contributed by atoms with Gasteiger partial charge in [-0.3, -0.25) is 15.1 Å². The molecule has 23 heavy (non-hydrogen) atoms. The molecule has 0 radical (unpaired) electrons. The van der Waals surface area contributed by atoms with Gasteiger partial charge in [0.2, 0.25) is 0 Å². The van der Waals surface area contributed by atoms with Crippen LogP contribution in [-0.2, 0) is 11.2 Å². The molecule has 1 aromatic carbocycles. The minimum absolute atomic E-state index is 0.261. The van der Waals surface area contributed by atoms with E-state index in [1.807, 2.05) is 13.0 Å². The molecule has 0 bridgehead atoms. The van der Waals surface area contributed by atoms with Crippen molar-refractivity contribution in [1.82, 2.24) is 10.3 Å². The molecule has 1 amide bonds. The molecule has 2 N–H and O–H groups in total. The number of amides is 1. The van der Waals surface area contributed by atoms with Gasteiger partial charge in [0.1, 0.15) is 0 Å². The first-order valence-electron chi connectivity index (χ1n) is 7.03. The number of benzene rings is 1. The topological polar surface area (TPSA) is 66.4 Å². The number of nitrogens with one attached hydrogen (secondary N) is 2. The Kier molecular flexibility index (Phi) is 4.84. The van der Waals surface area contributed by atoms with Gasteiger partial charge in [-0.2, -0.15) is 0 Å². The number of amidine groups is 1. The molecule has 0 saturated carbocycles. The number of aromatic nitrogens is 1. The van der Waals surface area contributed by atoms with Crippen molar-refractivity contribution in [3.63, 3.8) is 0 Å². The molecule has 1 aromatic heterocycles. The lowest BCUT2D eigenvalue weighted by Crippen LogP contribution is -2.32. The number of nitrogens with zero attached hydrogens (tertiary/aromatic N) is 2. The number of aryl methyl sites for hydroxylation is 1. The van der Waals surface area contributed by atoms with Crippen LogP contribution in [-0.4, -0.2) is 29.8 Å². The highest BCUT2D eigenvalue weighted by molar-refractivity contribution is 7.16. The van der Waals surface area contributed by atoms with E-state index in [2.05, 4.69) is 20.6 Å². The summed E-state index contributed by atoms with van der Waals surface area (Å²) in [5, 5.41) is 7.57. The lowest BCUT2D eigenvalue weighted by Gasteiger charge is -2.03. The van der Waals surface area contributed by atoms with Crippen LogP contribution in [0.3, 0.4) is 0 Å². The van der Waals surface area contributed by atoms with Crippen molar-refractivity contribution >= 4 is 51.4 Å². The Bertz CT molecular complexity index is 788. The van der Waals surface area contributed by atoms with E-state index in [1.54, 1.807) is 12.1 Å². The fraction of sp³-hybridized carbons (Fsp3) is 0.267. The van der Waals surface area contributed by atoms with Gasteiger partial charge in [-0.05, 0) is 30.7 Å². The van der Waals surface area contributed by atoms with Crippen molar-refractivity contribution in [3.05, 3.63) is 44.4 Å². The molecule has 0 saturated heterocycles. The summed E-state index contributed by atoms with van der Waals surface area (Å²) in [4.78, 5) is 21.5. The van der Waals surface area contributed by atoms with Crippen LogP contribution < -0.4 is 10.6 Å². The van der Waals surface area contributed by atoms with Gasteiger partial charge < -0.3 is 5.32 Å². The summed E-state index contributed by atoms with van der Waals surface area (Å²) in [6, 6.07) is 5.38. The van der Waals surface area contributed by atoms with Gasteiger partial charge in [0.15, 0.2) is 11.0 Å². The maximum absolute atomic E-state index is 12.0. The summed E-state index contributed by atoms with van der Waals surface area (Å²) in [6.45, 7) is 3.22. The molecular formula is C15H14Cl2N4OS. The van der Waals surface area contributed by atoms with E-state index in [-0.39, 0.29) is 5.91 Å². The predicted molar refractivity (Wildman–Crippen MR) is 95.1 cm³/mol. The summed E-state index contributed by atoms with van der Waals surface area (Å²) in [5.74, 6) is 0.0980. The van der Waals surface area contributed by atoms with Crippen LogP contribution in [0.4, 0.5) is 5.13 Å². The second kappa shape index (κ2) is 6.86. The molecule has 5 nitrogen and oxygen atoms in total. The molecule has 8 heteroatoms. The Morgan fingerprint density at radius 1 is 1.43 bits per heavy atom. The number of aliphatic imine (C=N–C) groups is 1. The second-order valence-electron chi connectivity index (χ2n) is 5.05. The third-order valence-corrected chi connectivity index (χ3v) is 5.04. The van der Waals surface area contributed by atoms with Gasteiger partial charge in [0.05, 0.1) is 12.2 Å². The van der Waals surface area contributed by atoms with Crippen molar-refractivity contribution in [3.8, 4) is 0 Å². The maximum Gasteiger partial charge on any atom is 0.292 e. The SMILES string of the molecule is Cc1nc(NC(=O)C2=NCCN2)sc1Cc1cc(Cl)ccc1Cl. The van der Waals surface area contributed by atoms with Crippen molar-refractivity contribution in [2.24, 2.45) is 4.99 Å². The van der Waals surface area contributed by atoms with Gasteiger partial charge in [0, 0.05) is 27.9 Å². The van der Waals surface area contributed by atoms with Crippen molar-refractivity contribution in [1.29, 1.82) is 0 Å². The molecule has 120 valence electrons. The van der Waals surface area contributed by atoms with E-state index in [0.29, 0.717) is 40.5 Å². The summed E-state index contributed by atoms with van der Waals surface area (Å²) in [7, 11) is 0. The number of anilines is 1. The van der Waals surface area contributed by atoms with Crippen LogP contribution in [0.15, 0.2) is 23.2 Å². The van der Waals surface area contributed by atoms with Crippen LogP contribution >= 0.6 is 34.5 Å². The first kappa shape index (κ1) is 16.2. The number of halogens is 2. The van der Waals surface area contributed by atoms with E-state index >= 15 is 0 Å². The fourth-order valence-electron chi connectivity index (χ4n) is 2.20. The van der Waals surface area contributed by atoms with Gasteiger partial charge >= 0.3 is 0 Å². The lowest BCUT2D eigenvalue weighted by molar-refractivity contribution is -0.110.